The van der Waals surface area contributed by atoms with Gasteiger partial charge in [-0.2, -0.15) is 5.10 Å². The Morgan fingerprint density at radius 2 is 2.28 bits per heavy atom. The molecule has 1 atom stereocenters. The van der Waals surface area contributed by atoms with E-state index in [4.69, 9.17) is 4.74 Å². The van der Waals surface area contributed by atoms with Crippen molar-refractivity contribution in [2.75, 3.05) is 6.54 Å². The number of hydrogen-bond donors (Lipinski definition) is 1. The molecule has 102 valence electrons. The average Bonchev–Trinajstić information content (AvgIpc) is 3.09. The second kappa shape index (κ2) is 6.78. The number of aromatic nitrogens is 2. The molecule has 1 heterocycles. The van der Waals surface area contributed by atoms with Gasteiger partial charge in [-0.25, -0.2) is 0 Å². The van der Waals surface area contributed by atoms with Gasteiger partial charge in [0.25, 0.3) is 0 Å². The van der Waals surface area contributed by atoms with Gasteiger partial charge in [0.15, 0.2) is 5.75 Å². The Labute approximate surface area is 110 Å². The van der Waals surface area contributed by atoms with Crippen LogP contribution in [0.2, 0.25) is 0 Å². The van der Waals surface area contributed by atoms with E-state index in [1.165, 1.54) is 12.8 Å². The van der Waals surface area contributed by atoms with Crippen LogP contribution in [0.1, 0.15) is 46.0 Å². The summed E-state index contributed by atoms with van der Waals surface area (Å²) in [7, 11) is 0. The normalized spacial score (nSPS) is 16.8. The second-order valence-electron chi connectivity index (χ2n) is 5.15. The van der Waals surface area contributed by atoms with Crippen molar-refractivity contribution in [2.45, 2.75) is 64.6 Å². The van der Waals surface area contributed by atoms with Crippen molar-refractivity contribution in [3.63, 3.8) is 0 Å². The first-order valence-corrected chi connectivity index (χ1v) is 7.24. The molecular weight excluding hydrogens is 226 g/mol. The summed E-state index contributed by atoms with van der Waals surface area (Å²) < 4.78 is 7.97. The van der Waals surface area contributed by atoms with E-state index in [-0.39, 0.29) is 6.10 Å². The first kappa shape index (κ1) is 13.4. The number of hydrogen-bond acceptors (Lipinski definition) is 3. The summed E-state index contributed by atoms with van der Waals surface area (Å²) in [5.41, 5.74) is 0. The predicted molar refractivity (Wildman–Crippen MR) is 72.9 cm³/mol. The number of aryl methyl sites for hydroxylation is 1. The summed E-state index contributed by atoms with van der Waals surface area (Å²) >= 11 is 0. The van der Waals surface area contributed by atoms with E-state index in [0.29, 0.717) is 0 Å². The van der Waals surface area contributed by atoms with Gasteiger partial charge >= 0.3 is 0 Å². The van der Waals surface area contributed by atoms with E-state index in [1.807, 2.05) is 17.1 Å². The van der Waals surface area contributed by atoms with Gasteiger partial charge < -0.3 is 10.1 Å². The molecule has 0 aliphatic heterocycles. The van der Waals surface area contributed by atoms with Crippen molar-refractivity contribution in [3.8, 4) is 5.75 Å². The van der Waals surface area contributed by atoms with Gasteiger partial charge in [-0.1, -0.05) is 20.3 Å². The lowest BCUT2D eigenvalue weighted by Gasteiger charge is -2.17. The molecule has 0 aromatic carbocycles. The molecule has 1 aliphatic rings. The Balaban J connectivity index is 1.80. The van der Waals surface area contributed by atoms with Crippen LogP contribution >= 0.6 is 0 Å². The molecular formula is C14H25N3O. The summed E-state index contributed by atoms with van der Waals surface area (Å²) in [4.78, 5) is 0. The van der Waals surface area contributed by atoms with Crippen LogP contribution in [0.3, 0.4) is 0 Å². The molecule has 0 amide bonds. The molecule has 1 saturated carbocycles. The quantitative estimate of drug-likeness (QED) is 0.733. The van der Waals surface area contributed by atoms with Gasteiger partial charge in [0.1, 0.15) is 6.10 Å². The van der Waals surface area contributed by atoms with E-state index in [0.717, 1.165) is 44.1 Å². The van der Waals surface area contributed by atoms with E-state index in [2.05, 4.69) is 24.3 Å². The lowest BCUT2D eigenvalue weighted by molar-refractivity contribution is 0.185. The van der Waals surface area contributed by atoms with Crippen LogP contribution in [0.15, 0.2) is 12.4 Å². The zero-order chi connectivity index (χ0) is 12.8. The number of nitrogens with zero attached hydrogens (tertiary/aromatic N) is 2. The van der Waals surface area contributed by atoms with Gasteiger partial charge in [0, 0.05) is 19.1 Å². The Hall–Kier alpha value is -1.03. The van der Waals surface area contributed by atoms with Crippen LogP contribution < -0.4 is 10.1 Å². The fourth-order valence-corrected chi connectivity index (χ4v) is 2.06. The first-order valence-electron chi connectivity index (χ1n) is 7.24. The third-order valence-electron chi connectivity index (χ3n) is 3.19. The van der Waals surface area contributed by atoms with Crippen LogP contribution in [0.4, 0.5) is 0 Å². The van der Waals surface area contributed by atoms with Gasteiger partial charge in [0.2, 0.25) is 0 Å². The standard InChI is InChI=1S/C14H25N3O/c1-3-5-13(9-15-12-6-7-12)18-14-10-16-17(11-14)8-4-2/h10-13,15H,3-9H2,1-2H3. The number of rotatable bonds is 9. The van der Waals surface area contributed by atoms with Crippen molar-refractivity contribution in [2.24, 2.45) is 0 Å². The third-order valence-corrected chi connectivity index (χ3v) is 3.19. The lowest BCUT2D eigenvalue weighted by atomic mass is 10.2. The highest BCUT2D eigenvalue weighted by atomic mass is 16.5. The van der Waals surface area contributed by atoms with Crippen LogP contribution in [0.25, 0.3) is 0 Å². The minimum absolute atomic E-state index is 0.273. The molecule has 1 aromatic rings. The Morgan fingerprint density at radius 3 is 2.94 bits per heavy atom. The van der Waals surface area contributed by atoms with Crippen LogP contribution in [-0.2, 0) is 6.54 Å². The topological polar surface area (TPSA) is 39.1 Å². The van der Waals surface area contributed by atoms with Crippen molar-refractivity contribution in [3.05, 3.63) is 12.4 Å². The molecule has 4 nitrogen and oxygen atoms in total. The summed E-state index contributed by atoms with van der Waals surface area (Å²) in [6.45, 7) is 6.27. The van der Waals surface area contributed by atoms with Crippen molar-refractivity contribution in [1.82, 2.24) is 15.1 Å². The average molecular weight is 251 g/mol. The monoisotopic (exact) mass is 251 g/mol. The van der Waals surface area contributed by atoms with E-state index in [9.17, 15) is 0 Å². The Bertz CT molecular complexity index is 347. The molecule has 1 aliphatic carbocycles. The van der Waals surface area contributed by atoms with Crippen LogP contribution in [0.5, 0.6) is 5.75 Å². The molecule has 1 aromatic heterocycles. The third kappa shape index (κ3) is 4.33. The van der Waals surface area contributed by atoms with Crippen LogP contribution in [-0.4, -0.2) is 28.5 Å². The fraction of sp³-hybridized carbons (Fsp3) is 0.786. The smallest absolute Gasteiger partial charge is 0.157 e. The first-order chi connectivity index (χ1) is 8.81. The largest absolute Gasteiger partial charge is 0.486 e. The molecule has 1 fully saturated rings. The zero-order valence-electron chi connectivity index (χ0n) is 11.6. The highest BCUT2D eigenvalue weighted by molar-refractivity contribution is 5.12. The number of ether oxygens (including phenoxy) is 1. The van der Waals surface area contributed by atoms with E-state index < -0.39 is 0 Å². The molecule has 18 heavy (non-hydrogen) atoms. The maximum atomic E-state index is 6.01. The van der Waals surface area contributed by atoms with Gasteiger partial charge in [-0.3, -0.25) is 4.68 Å². The fourth-order valence-electron chi connectivity index (χ4n) is 2.06. The summed E-state index contributed by atoms with van der Waals surface area (Å²) in [6, 6.07) is 0.746. The molecule has 0 saturated heterocycles. The molecule has 0 spiro atoms. The summed E-state index contributed by atoms with van der Waals surface area (Å²) in [5.74, 6) is 0.902. The summed E-state index contributed by atoms with van der Waals surface area (Å²) in [6.07, 6.45) is 10.1. The highest BCUT2D eigenvalue weighted by Gasteiger charge is 2.22. The van der Waals surface area contributed by atoms with E-state index >= 15 is 0 Å². The predicted octanol–water partition coefficient (Wildman–Crippen LogP) is 2.59. The maximum Gasteiger partial charge on any atom is 0.157 e. The summed E-state index contributed by atoms with van der Waals surface area (Å²) in [5, 5.41) is 7.84. The van der Waals surface area contributed by atoms with Gasteiger partial charge in [-0.05, 0) is 25.7 Å². The minimum Gasteiger partial charge on any atom is -0.486 e. The molecule has 1 unspecified atom stereocenters. The highest BCUT2D eigenvalue weighted by Crippen LogP contribution is 2.19. The SMILES string of the molecule is CCCC(CNC1CC1)Oc1cnn(CCC)c1. The van der Waals surface area contributed by atoms with Crippen molar-refractivity contribution >= 4 is 0 Å². The van der Waals surface area contributed by atoms with Gasteiger partial charge in [0.05, 0.1) is 12.4 Å². The van der Waals surface area contributed by atoms with Crippen LogP contribution in [0, 0.1) is 0 Å². The number of nitrogens with one attached hydrogen (secondary N) is 1. The zero-order valence-corrected chi connectivity index (χ0v) is 11.6. The second-order valence-corrected chi connectivity index (χ2v) is 5.15. The minimum atomic E-state index is 0.273. The Morgan fingerprint density at radius 1 is 1.44 bits per heavy atom. The molecule has 1 N–H and O–H groups in total. The molecule has 4 heteroatoms. The van der Waals surface area contributed by atoms with Gasteiger partial charge in [-0.15, -0.1) is 0 Å². The van der Waals surface area contributed by atoms with Crippen molar-refractivity contribution in [1.29, 1.82) is 0 Å². The Kier molecular flexibility index (Phi) is 5.05. The van der Waals surface area contributed by atoms with E-state index in [1.54, 1.807) is 0 Å². The van der Waals surface area contributed by atoms with Crippen molar-refractivity contribution < 1.29 is 4.74 Å². The maximum absolute atomic E-state index is 6.01. The molecule has 2 rings (SSSR count). The lowest BCUT2D eigenvalue weighted by Crippen LogP contribution is -2.32. The molecule has 0 bridgehead atoms. The molecule has 0 radical (unpaired) electrons.